The van der Waals surface area contributed by atoms with Crippen LogP contribution in [0.2, 0.25) is 0 Å². The Bertz CT molecular complexity index is 712. The number of hydrogen-bond acceptors (Lipinski definition) is 2. The zero-order chi connectivity index (χ0) is 16.1. The number of benzene rings is 3. The van der Waals surface area contributed by atoms with E-state index in [1.807, 2.05) is 24.3 Å². The third-order valence-corrected chi connectivity index (χ3v) is 3.80. The van der Waals surface area contributed by atoms with Crippen molar-refractivity contribution in [1.29, 1.82) is 0 Å². The lowest BCUT2D eigenvalue weighted by Crippen LogP contribution is -2.05. The van der Waals surface area contributed by atoms with Crippen LogP contribution in [0.3, 0.4) is 0 Å². The molecule has 0 saturated heterocycles. The number of rotatable bonds is 5. The van der Waals surface area contributed by atoms with Gasteiger partial charge in [-0.15, -0.1) is 0 Å². The first kappa shape index (κ1) is 15.2. The molecule has 3 aromatic rings. The summed E-state index contributed by atoms with van der Waals surface area (Å²) in [6.07, 6.45) is 0. The highest BCUT2D eigenvalue weighted by Crippen LogP contribution is 2.36. The summed E-state index contributed by atoms with van der Waals surface area (Å²) in [5.74, 6) is 2.64. The van der Waals surface area contributed by atoms with Crippen LogP contribution in [0.4, 0.5) is 0 Å². The van der Waals surface area contributed by atoms with Crippen LogP contribution in [0.15, 0.2) is 78.9 Å². The lowest BCUT2D eigenvalue weighted by molar-refractivity contribution is 0.354. The molecule has 0 aromatic heterocycles. The molecule has 3 aromatic carbocycles. The predicted molar refractivity (Wildman–Crippen MR) is 93.0 cm³/mol. The Morgan fingerprint density at radius 2 is 1.09 bits per heavy atom. The fraction of sp³-hybridized carbons (Fsp3) is 0.0952. The van der Waals surface area contributed by atoms with Crippen LogP contribution in [-0.2, 0) is 0 Å². The van der Waals surface area contributed by atoms with Gasteiger partial charge in [-0.2, -0.15) is 0 Å². The molecule has 0 unspecified atom stereocenters. The molecule has 0 saturated carbocycles. The van der Waals surface area contributed by atoms with Gasteiger partial charge in [-0.3, -0.25) is 0 Å². The number of ether oxygens (including phenoxy) is 2. The van der Waals surface area contributed by atoms with Gasteiger partial charge in [0.2, 0.25) is 0 Å². The van der Waals surface area contributed by atoms with Crippen molar-refractivity contribution in [3.8, 4) is 11.5 Å². The van der Waals surface area contributed by atoms with E-state index in [2.05, 4.69) is 54.6 Å². The Balaban J connectivity index is 2.13. The highest BCUT2D eigenvalue weighted by Gasteiger charge is 2.19. The van der Waals surface area contributed by atoms with E-state index in [0.717, 1.165) is 17.1 Å². The van der Waals surface area contributed by atoms with Crippen molar-refractivity contribution < 1.29 is 9.47 Å². The third kappa shape index (κ3) is 3.21. The first-order chi connectivity index (χ1) is 11.3. The van der Waals surface area contributed by atoms with Crippen LogP contribution in [0.1, 0.15) is 16.7 Å². The Hall–Kier alpha value is -2.74. The molecule has 0 aliphatic rings. The van der Waals surface area contributed by atoms with Gasteiger partial charge in [0.05, 0.1) is 20.1 Å². The lowest BCUT2D eigenvalue weighted by atomic mass is 9.85. The SMILES string of the molecule is COc1ccc([C](c2ccccc2)c2ccccc2)cc1OC. The zero-order valence-corrected chi connectivity index (χ0v) is 13.3. The second-order valence-corrected chi connectivity index (χ2v) is 5.18. The summed E-state index contributed by atoms with van der Waals surface area (Å²) in [4.78, 5) is 0. The van der Waals surface area contributed by atoms with E-state index < -0.39 is 0 Å². The van der Waals surface area contributed by atoms with Crippen molar-refractivity contribution >= 4 is 0 Å². The largest absolute Gasteiger partial charge is 0.493 e. The van der Waals surface area contributed by atoms with Crippen molar-refractivity contribution in [3.05, 3.63) is 101 Å². The molecular weight excluding hydrogens is 284 g/mol. The highest BCUT2D eigenvalue weighted by atomic mass is 16.5. The lowest BCUT2D eigenvalue weighted by Gasteiger charge is -2.19. The first-order valence-electron chi connectivity index (χ1n) is 7.53. The molecule has 0 spiro atoms. The molecular formula is C21H19O2. The van der Waals surface area contributed by atoms with Gasteiger partial charge in [0.15, 0.2) is 11.5 Å². The standard InChI is InChI=1S/C21H19O2/c1-22-19-14-13-18(15-20(19)23-2)21(16-9-5-3-6-10-16)17-11-7-4-8-12-17/h3-15H,1-2H3. The molecule has 23 heavy (non-hydrogen) atoms. The summed E-state index contributed by atoms with van der Waals surface area (Å²) >= 11 is 0. The molecule has 0 aliphatic carbocycles. The Labute approximate surface area is 137 Å². The minimum atomic E-state index is 0.731. The van der Waals surface area contributed by atoms with Crippen LogP contribution < -0.4 is 9.47 Å². The summed E-state index contributed by atoms with van der Waals surface area (Å²) in [5.41, 5.74) is 3.44. The molecule has 0 bridgehead atoms. The van der Waals surface area contributed by atoms with Crippen molar-refractivity contribution in [1.82, 2.24) is 0 Å². The van der Waals surface area contributed by atoms with Gasteiger partial charge in [-0.05, 0) is 28.8 Å². The summed E-state index contributed by atoms with van der Waals surface area (Å²) in [6.45, 7) is 0. The Morgan fingerprint density at radius 3 is 1.57 bits per heavy atom. The molecule has 0 heterocycles. The van der Waals surface area contributed by atoms with Gasteiger partial charge in [0, 0.05) is 0 Å². The van der Waals surface area contributed by atoms with Crippen molar-refractivity contribution in [2.45, 2.75) is 0 Å². The molecule has 0 aliphatic heterocycles. The fourth-order valence-electron chi connectivity index (χ4n) is 2.70. The second-order valence-electron chi connectivity index (χ2n) is 5.18. The van der Waals surface area contributed by atoms with E-state index in [1.165, 1.54) is 17.0 Å². The van der Waals surface area contributed by atoms with Gasteiger partial charge in [0.25, 0.3) is 0 Å². The molecule has 2 heteroatoms. The van der Waals surface area contributed by atoms with Crippen LogP contribution in [0.5, 0.6) is 11.5 Å². The topological polar surface area (TPSA) is 18.5 Å². The van der Waals surface area contributed by atoms with Gasteiger partial charge >= 0.3 is 0 Å². The van der Waals surface area contributed by atoms with Gasteiger partial charge in [0.1, 0.15) is 0 Å². The minimum absolute atomic E-state index is 0.731. The zero-order valence-electron chi connectivity index (χ0n) is 13.3. The quantitative estimate of drug-likeness (QED) is 0.635. The van der Waals surface area contributed by atoms with E-state index in [0.29, 0.717) is 0 Å². The Kier molecular flexibility index (Phi) is 4.62. The molecule has 0 N–H and O–H groups in total. The van der Waals surface area contributed by atoms with Crippen LogP contribution in [0.25, 0.3) is 0 Å². The Morgan fingerprint density at radius 1 is 0.565 bits per heavy atom. The third-order valence-electron chi connectivity index (χ3n) is 3.80. The average Bonchev–Trinajstić information content (AvgIpc) is 2.63. The summed E-state index contributed by atoms with van der Waals surface area (Å²) in [7, 11) is 3.31. The highest BCUT2D eigenvalue weighted by molar-refractivity contribution is 5.60. The van der Waals surface area contributed by atoms with E-state index in [4.69, 9.17) is 9.47 Å². The number of hydrogen-bond donors (Lipinski definition) is 0. The van der Waals surface area contributed by atoms with Crippen molar-refractivity contribution in [2.75, 3.05) is 14.2 Å². The molecule has 0 fully saturated rings. The van der Waals surface area contributed by atoms with Crippen LogP contribution in [0, 0.1) is 5.92 Å². The first-order valence-corrected chi connectivity index (χ1v) is 7.53. The maximum atomic E-state index is 5.46. The van der Waals surface area contributed by atoms with Crippen molar-refractivity contribution in [2.24, 2.45) is 0 Å². The van der Waals surface area contributed by atoms with E-state index in [1.54, 1.807) is 14.2 Å². The second kappa shape index (κ2) is 7.01. The van der Waals surface area contributed by atoms with E-state index in [9.17, 15) is 0 Å². The smallest absolute Gasteiger partial charge is 0.161 e. The summed E-state index contributed by atoms with van der Waals surface area (Å²) in [6, 6.07) is 26.8. The minimum Gasteiger partial charge on any atom is -0.493 e. The number of methoxy groups -OCH3 is 2. The van der Waals surface area contributed by atoms with Crippen molar-refractivity contribution in [3.63, 3.8) is 0 Å². The van der Waals surface area contributed by atoms with Gasteiger partial charge < -0.3 is 9.47 Å². The summed E-state index contributed by atoms with van der Waals surface area (Å²) < 4.78 is 10.8. The molecule has 2 nitrogen and oxygen atoms in total. The van der Waals surface area contributed by atoms with Crippen LogP contribution in [-0.4, -0.2) is 14.2 Å². The van der Waals surface area contributed by atoms with E-state index in [-0.39, 0.29) is 0 Å². The predicted octanol–water partition coefficient (Wildman–Crippen LogP) is 4.72. The van der Waals surface area contributed by atoms with Crippen LogP contribution >= 0.6 is 0 Å². The molecule has 0 atom stereocenters. The molecule has 115 valence electrons. The maximum Gasteiger partial charge on any atom is 0.161 e. The van der Waals surface area contributed by atoms with Gasteiger partial charge in [-0.25, -0.2) is 0 Å². The van der Waals surface area contributed by atoms with E-state index >= 15 is 0 Å². The molecule has 0 amide bonds. The monoisotopic (exact) mass is 303 g/mol. The van der Waals surface area contributed by atoms with Gasteiger partial charge in [-0.1, -0.05) is 66.7 Å². The summed E-state index contributed by atoms with van der Waals surface area (Å²) in [5, 5.41) is 0. The molecule has 1 radical (unpaired) electrons. The fourth-order valence-corrected chi connectivity index (χ4v) is 2.70. The normalized spacial score (nSPS) is 10.6. The average molecular weight is 303 g/mol. The maximum absolute atomic E-state index is 5.46. The molecule has 3 rings (SSSR count).